The van der Waals surface area contributed by atoms with Crippen molar-refractivity contribution >= 4 is 45.0 Å². The molecule has 2 N–H and O–H groups in total. The summed E-state index contributed by atoms with van der Waals surface area (Å²) in [5.41, 5.74) is 1.13. The first-order chi connectivity index (χ1) is 15.2. The number of halogens is 1. The lowest BCUT2D eigenvalue weighted by Crippen LogP contribution is -2.33. The van der Waals surface area contributed by atoms with Gasteiger partial charge >= 0.3 is 0 Å². The van der Waals surface area contributed by atoms with Gasteiger partial charge in [-0.25, -0.2) is 12.8 Å². The third kappa shape index (κ3) is 4.91. The van der Waals surface area contributed by atoms with Crippen molar-refractivity contribution in [3.05, 3.63) is 47.8 Å². The van der Waals surface area contributed by atoms with Crippen molar-refractivity contribution in [1.29, 1.82) is 0 Å². The lowest BCUT2D eigenvalue weighted by molar-refractivity contribution is -0.133. The van der Waals surface area contributed by atoms with E-state index in [4.69, 9.17) is 0 Å². The molecule has 2 amide bonds. The molecule has 1 saturated heterocycles. The molecule has 2 aromatic carbocycles. The van der Waals surface area contributed by atoms with Crippen LogP contribution >= 0.6 is 11.8 Å². The van der Waals surface area contributed by atoms with Crippen LogP contribution in [-0.2, 0) is 19.6 Å². The Morgan fingerprint density at radius 2 is 1.97 bits per heavy atom. The Morgan fingerprint density at radius 3 is 2.69 bits per heavy atom. The van der Waals surface area contributed by atoms with Crippen LogP contribution in [0.4, 0.5) is 15.8 Å². The van der Waals surface area contributed by atoms with E-state index in [9.17, 15) is 22.4 Å². The summed E-state index contributed by atoms with van der Waals surface area (Å²) in [7, 11) is -3.95. The Bertz CT molecular complexity index is 1160. The molecule has 7 nitrogen and oxygen atoms in total. The van der Waals surface area contributed by atoms with Crippen LogP contribution in [0.25, 0.3) is 0 Å². The number of rotatable bonds is 5. The standard InChI is InChI=1S/C22H24FN3O4S2/c1-14-10-16(23)4-6-18(14)25-32(29,30)17-5-7-20-19(12-17)24-22(28)15(13-31-20)11-21(27)26-8-2-3-9-26/h4-7,10,12,15,25H,2-3,8-9,11,13H2,1H3,(H,24,28)/t15-/m0/s1. The van der Waals surface area contributed by atoms with Crippen LogP contribution in [0, 0.1) is 18.7 Å². The number of hydrogen-bond donors (Lipinski definition) is 2. The molecule has 4 rings (SSSR count). The summed E-state index contributed by atoms with van der Waals surface area (Å²) in [6.45, 7) is 3.09. The molecule has 0 aliphatic carbocycles. The zero-order chi connectivity index (χ0) is 22.9. The van der Waals surface area contributed by atoms with Gasteiger partial charge in [0.05, 0.1) is 22.2 Å². The smallest absolute Gasteiger partial charge is 0.261 e. The van der Waals surface area contributed by atoms with Crippen LogP contribution in [0.15, 0.2) is 46.2 Å². The molecule has 0 spiro atoms. The first-order valence-electron chi connectivity index (χ1n) is 10.4. The minimum atomic E-state index is -3.95. The van der Waals surface area contributed by atoms with E-state index in [1.807, 2.05) is 0 Å². The number of thioether (sulfide) groups is 1. The van der Waals surface area contributed by atoms with Gasteiger partial charge in [0.2, 0.25) is 11.8 Å². The van der Waals surface area contributed by atoms with E-state index in [0.29, 0.717) is 17.0 Å². The predicted octanol–water partition coefficient (Wildman–Crippen LogP) is 3.61. The molecule has 2 aliphatic rings. The van der Waals surface area contributed by atoms with Gasteiger partial charge in [-0.3, -0.25) is 14.3 Å². The highest BCUT2D eigenvalue weighted by molar-refractivity contribution is 7.99. The lowest BCUT2D eigenvalue weighted by Gasteiger charge is -2.18. The summed E-state index contributed by atoms with van der Waals surface area (Å²) >= 11 is 1.42. The van der Waals surface area contributed by atoms with Crippen molar-refractivity contribution in [3.63, 3.8) is 0 Å². The normalized spacial score (nSPS) is 18.6. The van der Waals surface area contributed by atoms with Gasteiger partial charge in [0.15, 0.2) is 0 Å². The zero-order valence-electron chi connectivity index (χ0n) is 17.6. The fourth-order valence-electron chi connectivity index (χ4n) is 3.80. The highest BCUT2D eigenvalue weighted by Gasteiger charge is 2.30. The average Bonchev–Trinajstić information content (AvgIpc) is 3.23. The van der Waals surface area contributed by atoms with Gasteiger partial charge in [-0.15, -0.1) is 11.8 Å². The van der Waals surface area contributed by atoms with Gasteiger partial charge in [0.1, 0.15) is 5.82 Å². The van der Waals surface area contributed by atoms with Gasteiger partial charge in [-0.05, 0) is 61.7 Å². The van der Waals surface area contributed by atoms with Gasteiger partial charge in [-0.1, -0.05) is 0 Å². The quantitative estimate of drug-likeness (QED) is 0.686. The van der Waals surface area contributed by atoms with Crippen molar-refractivity contribution in [2.24, 2.45) is 5.92 Å². The number of sulfonamides is 1. The van der Waals surface area contributed by atoms with Crippen LogP contribution in [0.1, 0.15) is 24.8 Å². The number of aryl methyl sites for hydroxylation is 1. The second-order valence-corrected chi connectivity index (χ2v) is 10.8. The van der Waals surface area contributed by atoms with Crippen LogP contribution in [-0.4, -0.2) is 44.0 Å². The number of amides is 2. The topological polar surface area (TPSA) is 95.6 Å². The monoisotopic (exact) mass is 477 g/mol. The first-order valence-corrected chi connectivity index (χ1v) is 12.8. The number of carbonyl (C=O) groups excluding carboxylic acids is 2. The van der Waals surface area contributed by atoms with Crippen LogP contribution < -0.4 is 10.0 Å². The molecule has 0 bridgehead atoms. The number of nitrogens with one attached hydrogen (secondary N) is 2. The number of carbonyl (C=O) groups is 2. The van der Waals surface area contributed by atoms with Crippen molar-refractivity contribution in [2.45, 2.75) is 36.0 Å². The van der Waals surface area contributed by atoms with Gasteiger partial charge in [0.25, 0.3) is 10.0 Å². The van der Waals surface area contributed by atoms with E-state index in [1.165, 1.54) is 42.1 Å². The third-order valence-electron chi connectivity index (χ3n) is 5.64. The SMILES string of the molecule is Cc1cc(F)ccc1NS(=O)(=O)c1ccc2c(c1)NC(=O)[C@@H](CC(=O)N1CCCC1)CS2. The molecular formula is C22H24FN3O4S2. The Balaban J connectivity index is 1.50. The third-order valence-corrected chi connectivity index (χ3v) is 8.24. The lowest BCUT2D eigenvalue weighted by atomic mass is 10.1. The molecule has 0 saturated carbocycles. The second-order valence-electron chi connectivity index (χ2n) is 8.01. The van der Waals surface area contributed by atoms with E-state index in [-0.39, 0.29) is 28.8 Å². The number of anilines is 2. The van der Waals surface area contributed by atoms with Crippen molar-refractivity contribution < 1.29 is 22.4 Å². The highest BCUT2D eigenvalue weighted by Crippen LogP contribution is 2.35. The fraction of sp³-hybridized carbons (Fsp3) is 0.364. The molecule has 10 heteroatoms. The molecule has 0 unspecified atom stereocenters. The van der Waals surface area contributed by atoms with Gasteiger partial charge in [-0.2, -0.15) is 0 Å². The summed E-state index contributed by atoms with van der Waals surface area (Å²) in [4.78, 5) is 27.8. The fourth-order valence-corrected chi connectivity index (χ4v) is 6.04. The molecule has 2 aliphatic heterocycles. The van der Waals surface area contributed by atoms with Crippen molar-refractivity contribution in [3.8, 4) is 0 Å². The maximum atomic E-state index is 13.3. The molecule has 170 valence electrons. The van der Waals surface area contributed by atoms with E-state index in [0.717, 1.165) is 30.8 Å². The maximum Gasteiger partial charge on any atom is 0.261 e. The van der Waals surface area contributed by atoms with Gasteiger partial charge in [0, 0.05) is 30.2 Å². The number of benzene rings is 2. The van der Waals surface area contributed by atoms with E-state index >= 15 is 0 Å². The average molecular weight is 478 g/mol. The summed E-state index contributed by atoms with van der Waals surface area (Å²) < 4.78 is 41.5. The summed E-state index contributed by atoms with van der Waals surface area (Å²) in [5, 5.41) is 2.79. The van der Waals surface area contributed by atoms with Crippen LogP contribution in [0.2, 0.25) is 0 Å². The molecule has 1 atom stereocenters. The largest absolute Gasteiger partial charge is 0.343 e. The van der Waals surface area contributed by atoms with E-state index in [2.05, 4.69) is 10.0 Å². The number of fused-ring (bicyclic) bond motifs is 1. The minimum absolute atomic E-state index is 0.0173. The molecule has 0 aromatic heterocycles. The zero-order valence-corrected chi connectivity index (χ0v) is 19.2. The number of hydrogen-bond acceptors (Lipinski definition) is 5. The second kappa shape index (κ2) is 9.11. The summed E-state index contributed by atoms with van der Waals surface area (Å²) in [6.07, 6.45) is 2.13. The Morgan fingerprint density at radius 1 is 1.22 bits per heavy atom. The molecule has 2 heterocycles. The van der Waals surface area contributed by atoms with Crippen LogP contribution in [0.3, 0.4) is 0 Å². The minimum Gasteiger partial charge on any atom is -0.343 e. The van der Waals surface area contributed by atoms with E-state index in [1.54, 1.807) is 17.9 Å². The first kappa shape index (κ1) is 22.6. The summed E-state index contributed by atoms with van der Waals surface area (Å²) in [6, 6.07) is 8.32. The summed E-state index contributed by atoms with van der Waals surface area (Å²) in [5.74, 6) is -0.803. The molecule has 1 fully saturated rings. The Kier molecular flexibility index (Phi) is 6.43. The van der Waals surface area contributed by atoms with Crippen LogP contribution in [0.5, 0.6) is 0 Å². The Hall–Kier alpha value is -2.59. The molecular weight excluding hydrogens is 453 g/mol. The molecule has 2 aromatic rings. The molecule has 32 heavy (non-hydrogen) atoms. The Labute approximate surface area is 190 Å². The predicted molar refractivity (Wildman–Crippen MR) is 122 cm³/mol. The maximum absolute atomic E-state index is 13.3. The number of nitrogens with zero attached hydrogens (tertiary/aromatic N) is 1. The number of likely N-dealkylation sites (tertiary alicyclic amines) is 1. The highest BCUT2D eigenvalue weighted by atomic mass is 32.2. The van der Waals surface area contributed by atoms with Gasteiger partial charge < -0.3 is 10.2 Å². The van der Waals surface area contributed by atoms with Crippen molar-refractivity contribution in [1.82, 2.24) is 4.90 Å². The van der Waals surface area contributed by atoms with E-state index < -0.39 is 21.8 Å². The van der Waals surface area contributed by atoms with Crippen molar-refractivity contribution in [2.75, 3.05) is 28.9 Å². The molecule has 0 radical (unpaired) electrons.